The van der Waals surface area contributed by atoms with Crippen molar-refractivity contribution in [2.45, 2.75) is 6.10 Å². The van der Waals surface area contributed by atoms with Gasteiger partial charge >= 0.3 is 0 Å². The zero-order valence-electron chi connectivity index (χ0n) is 9.90. The van der Waals surface area contributed by atoms with Gasteiger partial charge in [0.05, 0.1) is 43.0 Å². The molecule has 0 saturated carbocycles. The minimum absolute atomic E-state index is 0.158. The molecule has 1 atom stereocenters. The first kappa shape index (κ1) is 13.6. The van der Waals surface area contributed by atoms with Crippen molar-refractivity contribution >= 4 is 11.4 Å². The number of hydrogen-bond donors (Lipinski definition) is 1. The average molecular weight is 274 g/mol. The second kappa shape index (κ2) is 5.89. The summed E-state index contributed by atoms with van der Waals surface area (Å²) in [5.41, 5.74) is -1.03. The largest absolute Gasteiger partial charge is 0.378 e. The van der Waals surface area contributed by atoms with Crippen LogP contribution in [0.5, 0.6) is 0 Å². The Labute approximate surface area is 107 Å². The van der Waals surface area contributed by atoms with E-state index >= 15 is 0 Å². The van der Waals surface area contributed by atoms with Crippen LogP contribution in [0.3, 0.4) is 0 Å². The third kappa shape index (κ3) is 3.36. The van der Waals surface area contributed by atoms with Crippen LogP contribution in [-0.4, -0.2) is 37.4 Å². The summed E-state index contributed by atoms with van der Waals surface area (Å²) in [5.74, 6) is -2.02. The van der Waals surface area contributed by atoms with E-state index in [1.165, 1.54) is 0 Å². The maximum Gasteiger partial charge on any atom is 0.275 e. The quantitative estimate of drug-likeness (QED) is 0.668. The van der Waals surface area contributed by atoms with Crippen molar-refractivity contribution in [3.05, 3.63) is 33.9 Å². The van der Waals surface area contributed by atoms with Crippen LogP contribution in [-0.2, 0) is 9.47 Å². The highest BCUT2D eigenvalue weighted by Crippen LogP contribution is 2.24. The van der Waals surface area contributed by atoms with Gasteiger partial charge in [-0.25, -0.2) is 8.78 Å². The fourth-order valence-corrected chi connectivity index (χ4v) is 1.70. The number of benzene rings is 1. The molecule has 6 nitrogen and oxygen atoms in total. The van der Waals surface area contributed by atoms with Crippen molar-refractivity contribution in [3.8, 4) is 0 Å². The number of non-ortho nitro benzene ring substituents is 1. The Morgan fingerprint density at radius 1 is 1.37 bits per heavy atom. The minimum Gasteiger partial charge on any atom is -0.378 e. The Balaban J connectivity index is 2.05. The van der Waals surface area contributed by atoms with E-state index < -0.39 is 27.9 Å². The maximum absolute atomic E-state index is 13.5. The number of ether oxygens (including phenoxy) is 2. The molecule has 1 N–H and O–H groups in total. The van der Waals surface area contributed by atoms with Crippen molar-refractivity contribution in [2.24, 2.45) is 0 Å². The van der Waals surface area contributed by atoms with Crippen LogP contribution >= 0.6 is 0 Å². The lowest BCUT2D eigenvalue weighted by atomic mass is 10.2. The number of nitro groups is 1. The molecule has 104 valence electrons. The van der Waals surface area contributed by atoms with E-state index in [1.807, 2.05) is 0 Å². The van der Waals surface area contributed by atoms with E-state index in [9.17, 15) is 18.9 Å². The number of anilines is 1. The third-order valence-corrected chi connectivity index (χ3v) is 2.63. The summed E-state index contributed by atoms with van der Waals surface area (Å²) in [6, 6.07) is 1.34. The lowest BCUT2D eigenvalue weighted by molar-refractivity contribution is -0.385. The number of nitro benzene ring substituents is 1. The summed E-state index contributed by atoms with van der Waals surface area (Å²) in [7, 11) is 0. The van der Waals surface area contributed by atoms with Crippen LogP contribution in [0.2, 0.25) is 0 Å². The van der Waals surface area contributed by atoms with Gasteiger partial charge in [-0.05, 0) is 0 Å². The number of rotatable bonds is 4. The molecule has 0 aliphatic carbocycles. The number of nitrogens with one attached hydrogen (secondary N) is 1. The van der Waals surface area contributed by atoms with Gasteiger partial charge in [0.1, 0.15) is 5.69 Å². The van der Waals surface area contributed by atoms with Gasteiger partial charge in [0.25, 0.3) is 5.69 Å². The van der Waals surface area contributed by atoms with Crippen LogP contribution < -0.4 is 5.32 Å². The third-order valence-electron chi connectivity index (χ3n) is 2.63. The van der Waals surface area contributed by atoms with Crippen molar-refractivity contribution < 1.29 is 23.2 Å². The number of nitrogens with zero attached hydrogens (tertiary/aromatic N) is 1. The van der Waals surface area contributed by atoms with E-state index in [2.05, 4.69) is 5.32 Å². The van der Waals surface area contributed by atoms with Gasteiger partial charge in [-0.2, -0.15) is 0 Å². The molecule has 1 aromatic carbocycles. The molecule has 1 aliphatic rings. The van der Waals surface area contributed by atoms with Crippen LogP contribution in [0, 0.1) is 21.7 Å². The predicted octanol–water partition coefficient (Wildman–Crippen LogP) is 1.70. The lowest BCUT2D eigenvalue weighted by Crippen LogP contribution is -2.34. The first-order chi connectivity index (χ1) is 9.08. The fraction of sp³-hybridized carbons (Fsp3) is 0.455. The topological polar surface area (TPSA) is 73.6 Å². The summed E-state index contributed by atoms with van der Waals surface area (Å²) in [5, 5.41) is 13.0. The molecule has 19 heavy (non-hydrogen) atoms. The predicted molar refractivity (Wildman–Crippen MR) is 62.1 cm³/mol. The minimum atomic E-state index is -1.01. The lowest BCUT2D eigenvalue weighted by Gasteiger charge is -2.23. The van der Waals surface area contributed by atoms with Gasteiger partial charge in [-0.3, -0.25) is 10.1 Å². The van der Waals surface area contributed by atoms with Crippen LogP contribution in [0.4, 0.5) is 20.2 Å². The Hall–Kier alpha value is -1.80. The zero-order valence-corrected chi connectivity index (χ0v) is 9.90. The highest BCUT2D eigenvalue weighted by molar-refractivity contribution is 5.51. The van der Waals surface area contributed by atoms with E-state index in [0.29, 0.717) is 32.0 Å². The van der Waals surface area contributed by atoms with Crippen molar-refractivity contribution in [3.63, 3.8) is 0 Å². The smallest absolute Gasteiger partial charge is 0.275 e. The maximum atomic E-state index is 13.5. The molecule has 1 saturated heterocycles. The molecular weight excluding hydrogens is 262 g/mol. The molecule has 0 amide bonds. The summed E-state index contributed by atoms with van der Waals surface area (Å²) >= 11 is 0. The van der Waals surface area contributed by atoms with Crippen LogP contribution in [0.15, 0.2) is 12.1 Å². The average Bonchev–Trinajstić information content (AvgIpc) is 2.38. The second-order valence-corrected chi connectivity index (χ2v) is 3.99. The van der Waals surface area contributed by atoms with Crippen molar-refractivity contribution in [2.75, 3.05) is 31.7 Å². The molecule has 2 rings (SSSR count). The van der Waals surface area contributed by atoms with Gasteiger partial charge in [-0.15, -0.1) is 0 Å². The van der Waals surface area contributed by atoms with E-state index in [0.717, 1.165) is 0 Å². The molecule has 1 aliphatic heterocycles. The summed E-state index contributed by atoms with van der Waals surface area (Å²) in [4.78, 5) is 9.58. The van der Waals surface area contributed by atoms with Gasteiger partial charge < -0.3 is 14.8 Å². The normalized spacial score (nSPS) is 19.2. The van der Waals surface area contributed by atoms with Gasteiger partial charge in [0, 0.05) is 6.54 Å². The molecule has 8 heteroatoms. The monoisotopic (exact) mass is 274 g/mol. The van der Waals surface area contributed by atoms with Crippen LogP contribution in [0.25, 0.3) is 0 Å². The van der Waals surface area contributed by atoms with Gasteiger partial charge in [0.2, 0.25) is 0 Å². The molecular formula is C11H12F2N2O4. The molecule has 0 bridgehead atoms. The molecule has 0 aromatic heterocycles. The SMILES string of the molecule is O=[N+]([O-])c1cc(F)c(NCC2COCCO2)c(F)c1. The standard InChI is InChI=1S/C11H12F2N2O4/c12-9-3-7(15(16)17)4-10(13)11(9)14-5-8-6-18-1-2-19-8/h3-4,8,14H,1-2,5-6H2. The molecule has 1 fully saturated rings. The molecule has 0 spiro atoms. The molecule has 1 unspecified atom stereocenters. The van der Waals surface area contributed by atoms with Gasteiger partial charge in [0.15, 0.2) is 11.6 Å². The fourth-order valence-electron chi connectivity index (χ4n) is 1.70. The highest BCUT2D eigenvalue weighted by Gasteiger charge is 2.19. The zero-order chi connectivity index (χ0) is 13.8. The van der Waals surface area contributed by atoms with Gasteiger partial charge in [-0.1, -0.05) is 0 Å². The first-order valence-electron chi connectivity index (χ1n) is 5.64. The Kier molecular flexibility index (Phi) is 4.23. The van der Waals surface area contributed by atoms with E-state index in [1.54, 1.807) is 0 Å². The summed E-state index contributed by atoms with van der Waals surface area (Å²) in [6.07, 6.45) is -0.303. The Morgan fingerprint density at radius 3 is 2.58 bits per heavy atom. The summed E-state index contributed by atoms with van der Waals surface area (Å²) < 4.78 is 37.5. The Bertz CT molecular complexity index is 455. The number of hydrogen-bond acceptors (Lipinski definition) is 5. The second-order valence-electron chi connectivity index (χ2n) is 3.99. The Morgan fingerprint density at radius 2 is 2.05 bits per heavy atom. The van der Waals surface area contributed by atoms with E-state index in [-0.39, 0.29) is 12.6 Å². The molecule has 0 radical (unpaired) electrons. The van der Waals surface area contributed by atoms with E-state index in [4.69, 9.17) is 9.47 Å². The number of halogens is 2. The highest BCUT2D eigenvalue weighted by atomic mass is 19.1. The molecule has 1 heterocycles. The van der Waals surface area contributed by atoms with Crippen LogP contribution in [0.1, 0.15) is 0 Å². The summed E-state index contributed by atoms with van der Waals surface area (Å²) in [6.45, 7) is 1.42. The van der Waals surface area contributed by atoms with Crippen molar-refractivity contribution in [1.82, 2.24) is 0 Å². The first-order valence-corrected chi connectivity index (χ1v) is 5.64. The van der Waals surface area contributed by atoms with Crippen molar-refractivity contribution in [1.29, 1.82) is 0 Å². The molecule has 1 aromatic rings.